The number of nitrogens with two attached hydrogens (primary N) is 1. The number of guanidine groups is 1. The van der Waals surface area contributed by atoms with Gasteiger partial charge in [-0.05, 0) is 19.3 Å². The van der Waals surface area contributed by atoms with Crippen LogP contribution in [0.1, 0.15) is 117 Å². The molecule has 0 saturated carbocycles. The standard InChI is InChI=1S/C21H42N4O2/c1-3-5-7-9-11-12-13-15-17-19-23-24-21(22)25-27-20(26)18-16-14-10-8-6-4-2/h19H,3-18H2,1-2H3,(H3,22,24,25). The molecular weight excluding hydrogens is 340 g/mol. The molecule has 6 heteroatoms. The van der Waals surface area contributed by atoms with Gasteiger partial charge in [0.2, 0.25) is 5.96 Å². The van der Waals surface area contributed by atoms with Gasteiger partial charge in [0, 0.05) is 12.6 Å². The lowest BCUT2D eigenvalue weighted by Crippen LogP contribution is -2.33. The molecule has 3 N–H and O–H groups in total. The minimum absolute atomic E-state index is 0.00142. The molecule has 0 aromatic rings. The molecule has 0 fully saturated rings. The quantitative estimate of drug-likeness (QED) is 0.148. The second-order valence-electron chi connectivity index (χ2n) is 7.14. The van der Waals surface area contributed by atoms with E-state index in [4.69, 9.17) is 10.6 Å². The Labute approximate surface area is 166 Å². The molecule has 0 atom stereocenters. The van der Waals surface area contributed by atoms with Crippen molar-refractivity contribution in [3.8, 4) is 0 Å². The predicted octanol–water partition coefficient (Wildman–Crippen LogP) is 5.62. The summed E-state index contributed by atoms with van der Waals surface area (Å²) in [7, 11) is 0. The van der Waals surface area contributed by atoms with Gasteiger partial charge < -0.3 is 10.6 Å². The molecule has 6 nitrogen and oxygen atoms in total. The summed E-state index contributed by atoms with van der Waals surface area (Å²) in [5.74, 6) is -0.315. The predicted molar refractivity (Wildman–Crippen MR) is 115 cm³/mol. The Kier molecular flexibility index (Phi) is 19.5. The second kappa shape index (κ2) is 20.7. The van der Waals surface area contributed by atoms with Crippen LogP contribution in [0.15, 0.2) is 10.2 Å². The highest BCUT2D eigenvalue weighted by atomic mass is 16.7. The first kappa shape index (κ1) is 25.4. The average molecular weight is 383 g/mol. The fourth-order valence-electron chi connectivity index (χ4n) is 2.76. The van der Waals surface area contributed by atoms with Crippen LogP contribution < -0.4 is 11.2 Å². The maximum Gasteiger partial charge on any atom is 0.332 e. The van der Waals surface area contributed by atoms with E-state index in [1.54, 1.807) is 6.21 Å². The Hall–Kier alpha value is -1.59. The van der Waals surface area contributed by atoms with Gasteiger partial charge >= 0.3 is 5.97 Å². The monoisotopic (exact) mass is 382 g/mol. The molecule has 0 aliphatic carbocycles. The summed E-state index contributed by atoms with van der Waals surface area (Å²) in [6.45, 7) is 4.43. The van der Waals surface area contributed by atoms with Gasteiger partial charge in [-0.15, -0.1) is 5.10 Å². The van der Waals surface area contributed by atoms with E-state index in [9.17, 15) is 4.79 Å². The lowest BCUT2D eigenvalue weighted by molar-refractivity contribution is -0.148. The number of rotatable bonds is 17. The maximum atomic E-state index is 11.6. The zero-order chi connectivity index (χ0) is 20.0. The smallest absolute Gasteiger partial charge is 0.332 e. The number of hydrogen-bond donors (Lipinski definition) is 2. The van der Waals surface area contributed by atoms with E-state index in [0.717, 1.165) is 25.7 Å². The first-order valence-corrected chi connectivity index (χ1v) is 11.0. The van der Waals surface area contributed by atoms with Crippen molar-refractivity contribution >= 4 is 18.1 Å². The minimum atomic E-state index is -0.313. The van der Waals surface area contributed by atoms with Gasteiger partial charge in [-0.3, -0.25) is 0 Å². The normalized spacial score (nSPS) is 11.9. The number of carbonyl (C=O) groups is 1. The van der Waals surface area contributed by atoms with Gasteiger partial charge in [0.25, 0.3) is 0 Å². The van der Waals surface area contributed by atoms with Crippen molar-refractivity contribution in [1.82, 2.24) is 5.48 Å². The van der Waals surface area contributed by atoms with Crippen molar-refractivity contribution < 1.29 is 9.63 Å². The zero-order valence-corrected chi connectivity index (χ0v) is 17.7. The highest BCUT2D eigenvalue weighted by Gasteiger charge is 2.03. The maximum absolute atomic E-state index is 11.6. The van der Waals surface area contributed by atoms with Crippen LogP contribution in [-0.4, -0.2) is 18.1 Å². The van der Waals surface area contributed by atoms with E-state index < -0.39 is 0 Å². The lowest BCUT2D eigenvalue weighted by atomic mass is 10.1. The Morgan fingerprint density at radius 1 is 0.852 bits per heavy atom. The fraction of sp³-hybridized carbons (Fsp3) is 0.857. The molecule has 0 amide bonds. The van der Waals surface area contributed by atoms with E-state index in [1.165, 1.54) is 70.6 Å². The van der Waals surface area contributed by atoms with Crippen LogP contribution in [-0.2, 0) is 9.63 Å². The number of nitrogens with one attached hydrogen (secondary N) is 1. The SMILES string of the molecule is CCCCCCCCCCC=NN=C(N)NOC(=O)CCCCCCCC. The van der Waals surface area contributed by atoms with Crippen LogP contribution in [0.5, 0.6) is 0 Å². The van der Waals surface area contributed by atoms with Crippen LogP contribution in [0.4, 0.5) is 0 Å². The Morgan fingerprint density at radius 2 is 1.37 bits per heavy atom. The van der Waals surface area contributed by atoms with Crippen LogP contribution in [0, 0.1) is 0 Å². The summed E-state index contributed by atoms with van der Waals surface area (Å²) in [5.41, 5.74) is 7.94. The van der Waals surface area contributed by atoms with Crippen molar-refractivity contribution in [2.75, 3.05) is 0 Å². The van der Waals surface area contributed by atoms with Crippen molar-refractivity contribution in [3.05, 3.63) is 0 Å². The van der Waals surface area contributed by atoms with Crippen LogP contribution in [0.2, 0.25) is 0 Å². The highest BCUT2D eigenvalue weighted by molar-refractivity contribution is 5.79. The average Bonchev–Trinajstić information content (AvgIpc) is 2.67. The fourth-order valence-corrected chi connectivity index (χ4v) is 2.76. The van der Waals surface area contributed by atoms with Crippen molar-refractivity contribution in [2.24, 2.45) is 15.9 Å². The second-order valence-corrected chi connectivity index (χ2v) is 7.14. The molecule has 0 radical (unpaired) electrons. The molecule has 0 aromatic carbocycles. The Bertz CT molecular complexity index is 398. The van der Waals surface area contributed by atoms with Gasteiger partial charge in [-0.1, -0.05) is 90.9 Å². The molecule has 0 saturated heterocycles. The van der Waals surface area contributed by atoms with Crippen LogP contribution in [0.3, 0.4) is 0 Å². The van der Waals surface area contributed by atoms with Crippen LogP contribution >= 0.6 is 0 Å². The van der Waals surface area contributed by atoms with Gasteiger partial charge in [-0.2, -0.15) is 10.6 Å². The lowest BCUT2D eigenvalue weighted by Gasteiger charge is -2.04. The number of hydrogen-bond acceptors (Lipinski definition) is 4. The topological polar surface area (TPSA) is 89.1 Å². The molecule has 0 spiro atoms. The summed E-state index contributed by atoms with van der Waals surface area (Å²) in [6.07, 6.45) is 20.2. The van der Waals surface area contributed by atoms with E-state index in [1.807, 2.05) is 0 Å². The molecule has 0 aromatic heterocycles. The van der Waals surface area contributed by atoms with E-state index >= 15 is 0 Å². The third kappa shape index (κ3) is 20.6. The first-order chi connectivity index (χ1) is 13.2. The van der Waals surface area contributed by atoms with E-state index in [-0.39, 0.29) is 11.9 Å². The van der Waals surface area contributed by atoms with E-state index in [2.05, 4.69) is 29.5 Å². The molecule has 27 heavy (non-hydrogen) atoms. The van der Waals surface area contributed by atoms with Crippen molar-refractivity contribution in [3.63, 3.8) is 0 Å². The summed E-state index contributed by atoms with van der Waals surface area (Å²) >= 11 is 0. The molecule has 0 heterocycles. The number of unbranched alkanes of at least 4 members (excludes halogenated alkanes) is 13. The Balaban J connectivity index is 3.52. The number of hydroxylamine groups is 1. The molecular formula is C21H42N4O2. The molecule has 158 valence electrons. The van der Waals surface area contributed by atoms with Crippen molar-refractivity contribution in [2.45, 2.75) is 117 Å². The molecule has 0 aliphatic rings. The third-order valence-electron chi connectivity index (χ3n) is 4.44. The largest absolute Gasteiger partial charge is 0.366 e. The number of carbonyl (C=O) groups excluding carboxylic acids is 1. The minimum Gasteiger partial charge on any atom is -0.366 e. The van der Waals surface area contributed by atoms with Crippen molar-refractivity contribution in [1.29, 1.82) is 0 Å². The summed E-state index contributed by atoms with van der Waals surface area (Å²) in [4.78, 5) is 16.4. The van der Waals surface area contributed by atoms with Crippen LogP contribution in [0.25, 0.3) is 0 Å². The Morgan fingerprint density at radius 3 is 1.96 bits per heavy atom. The van der Waals surface area contributed by atoms with E-state index in [0.29, 0.717) is 6.42 Å². The first-order valence-electron chi connectivity index (χ1n) is 11.0. The molecule has 0 bridgehead atoms. The summed E-state index contributed by atoms with van der Waals surface area (Å²) < 4.78 is 0. The molecule has 0 rings (SSSR count). The summed E-state index contributed by atoms with van der Waals surface area (Å²) in [5, 5.41) is 7.67. The number of nitrogens with zero attached hydrogens (tertiary/aromatic N) is 2. The molecule has 0 unspecified atom stereocenters. The zero-order valence-electron chi connectivity index (χ0n) is 17.7. The van der Waals surface area contributed by atoms with Gasteiger partial charge in [0.05, 0.1) is 0 Å². The van der Waals surface area contributed by atoms with Gasteiger partial charge in [-0.25, -0.2) is 4.79 Å². The van der Waals surface area contributed by atoms with Gasteiger partial charge in [0.15, 0.2) is 0 Å². The third-order valence-corrected chi connectivity index (χ3v) is 4.44. The highest BCUT2D eigenvalue weighted by Crippen LogP contribution is 2.09. The van der Waals surface area contributed by atoms with Gasteiger partial charge in [0.1, 0.15) is 0 Å². The summed E-state index contributed by atoms with van der Waals surface area (Å²) in [6, 6.07) is 0. The molecule has 0 aliphatic heterocycles.